The van der Waals surface area contributed by atoms with Gasteiger partial charge in [-0.1, -0.05) is 50.0 Å². The van der Waals surface area contributed by atoms with Crippen LogP contribution in [0.2, 0.25) is 0 Å². The molecular formula is C17H18NO4S2-. The second-order valence-electron chi connectivity index (χ2n) is 5.79. The van der Waals surface area contributed by atoms with E-state index in [0.717, 1.165) is 22.2 Å². The predicted octanol–water partition coefficient (Wildman–Crippen LogP) is 2.06. The van der Waals surface area contributed by atoms with Gasteiger partial charge in [-0.3, -0.25) is 9.69 Å². The van der Waals surface area contributed by atoms with Crippen LogP contribution in [0.3, 0.4) is 0 Å². The van der Waals surface area contributed by atoms with E-state index in [9.17, 15) is 14.7 Å². The highest BCUT2D eigenvalue weighted by atomic mass is 32.2. The molecule has 24 heavy (non-hydrogen) atoms. The molecule has 0 spiro atoms. The van der Waals surface area contributed by atoms with Gasteiger partial charge in [0.2, 0.25) is 0 Å². The number of ether oxygens (including phenoxy) is 1. The summed E-state index contributed by atoms with van der Waals surface area (Å²) in [7, 11) is 1.58. The van der Waals surface area contributed by atoms with E-state index in [4.69, 9.17) is 17.0 Å². The number of methoxy groups -OCH3 is 1. The molecule has 0 aromatic heterocycles. The van der Waals surface area contributed by atoms with Crippen LogP contribution in [0.15, 0.2) is 29.2 Å². The standard InChI is InChI=1S/C17H19NO4S2/c1-10(2)8-13(16(20)21)18-15(19)14(24-17(18)23)9-11-4-6-12(22-3)7-5-11/h4-7,9-10,13H,8H2,1-3H3,(H,20,21)/p-1/b14-9-/t13-/m0/s1. The number of carboxylic acid groups (broad SMARTS) is 1. The number of thiocarbonyl (C=S) groups is 1. The number of carbonyl (C=O) groups excluding carboxylic acids is 2. The van der Waals surface area contributed by atoms with E-state index in [-0.39, 0.29) is 10.2 Å². The summed E-state index contributed by atoms with van der Waals surface area (Å²) in [6.07, 6.45) is 1.99. The number of benzene rings is 1. The van der Waals surface area contributed by atoms with Crippen molar-refractivity contribution in [1.82, 2.24) is 4.90 Å². The second kappa shape index (κ2) is 7.81. The molecule has 7 heteroatoms. The Balaban J connectivity index is 2.26. The van der Waals surface area contributed by atoms with E-state index < -0.39 is 17.9 Å². The van der Waals surface area contributed by atoms with Gasteiger partial charge in [0, 0.05) is 0 Å². The summed E-state index contributed by atoms with van der Waals surface area (Å²) < 4.78 is 5.34. The molecule has 1 saturated heterocycles. The SMILES string of the molecule is COc1ccc(/C=C2\SC(=S)N([C@@H](CC(C)C)C(=O)[O-])C2=O)cc1. The topological polar surface area (TPSA) is 69.7 Å². The Kier molecular flexibility index (Phi) is 6.01. The smallest absolute Gasteiger partial charge is 0.266 e. The van der Waals surface area contributed by atoms with Gasteiger partial charge < -0.3 is 14.6 Å². The number of amides is 1. The van der Waals surface area contributed by atoms with E-state index in [1.54, 1.807) is 25.3 Å². The van der Waals surface area contributed by atoms with Crippen LogP contribution < -0.4 is 9.84 Å². The van der Waals surface area contributed by atoms with Crippen molar-refractivity contribution < 1.29 is 19.4 Å². The molecule has 1 aromatic carbocycles. The van der Waals surface area contributed by atoms with Crippen LogP contribution in [0.25, 0.3) is 6.08 Å². The molecule has 1 aliphatic heterocycles. The van der Waals surface area contributed by atoms with Crippen LogP contribution in [-0.2, 0) is 9.59 Å². The number of carbonyl (C=O) groups is 2. The fraction of sp³-hybridized carbons (Fsp3) is 0.353. The summed E-state index contributed by atoms with van der Waals surface area (Å²) in [5.74, 6) is -0.863. The lowest BCUT2D eigenvalue weighted by Crippen LogP contribution is -2.50. The molecule has 0 bridgehead atoms. The van der Waals surface area contributed by atoms with Gasteiger partial charge >= 0.3 is 0 Å². The molecule has 0 radical (unpaired) electrons. The first-order valence-electron chi connectivity index (χ1n) is 7.45. The molecule has 0 aliphatic carbocycles. The molecule has 1 amide bonds. The molecule has 1 aliphatic rings. The van der Waals surface area contributed by atoms with Crippen molar-refractivity contribution in [2.75, 3.05) is 7.11 Å². The highest BCUT2D eigenvalue weighted by Gasteiger charge is 2.37. The minimum absolute atomic E-state index is 0.100. The Labute approximate surface area is 150 Å². The maximum absolute atomic E-state index is 12.6. The lowest BCUT2D eigenvalue weighted by Gasteiger charge is -2.28. The minimum atomic E-state index is -1.29. The summed E-state index contributed by atoms with van der Waals surface area (Å²) in [5.41, 5.74) is 0.810. The third-order valence-electron chi connectivity index (χ3n) is 3.52. The number of rotatable bonds is 6. The lowest BCUT2D eigenvalue weighted by atomic mass is 10.0. The Morgan fingerprint density at radius 3 is 2.50 bits per heavy atom. The Bertz CT molecular complexity index is 682. The van der Waals surface area contributed by atoms with Crippen molar-refractivity contribution in [1.29, 1.82) is 0 Å². The number of thioether (sulfide) groups is 1. The first kappa shape index (κ1) is 18.5. The van der Waals surface area contributed by atoms with E-state index >= 15 is 0 Å². The van der Waals surface area contributed by atoms with Gasteiger partial charge in [0.25, 0.3) is 5.91 Å². The fourth-order valence-electron chi connectivity index (χ4n) is 2.35. The minimum Gasteiger partial charge on any atom is -0.548 e. The van der Waals surface area contributed by atoms with Crippen LogP contribution in [0.1, 0.15) is 25.8 Å². The molecule has 128 valence electrons. The number of carboxylic acids is 1. The molecular weight excluding hydrogens is 346 g/mol. The zero-order valence-corrected chi connectivity index (χ0v) is 15.3. The van der Waals surface area contributed by atoms with Gasteiger partial charge in [0.15, 0.2) is 0 Å². The number of hydrogen-bond donors (Lipinski definition) is 0. The molecule has 0 unspecified atom stereocenters. The average molecular weight is 364 g/mol. The summed E-state index contributed by atoms with van der Waals surface area (Å²) in [6, 6.07) is 6.16. The maximum Gasteiger partial charge on any atom is 0.266 e. The van der Waals surface area contributed by atoms with E-state index in [1.807, 2.05) is 26.0 Å². The van der Waals surface area contributed by atoms with Gasteiger partial charge in [-0.05, 0) is 36.1 Å². The van der Waals surface area contributed by atoms with Crippen molar-refractivity contribution >= 4 is 46.3 Å². The fourth-order valence-corrected chi connectivity index (χ4v) is 3.71. The largest absolute Gasteiger partial charge is 0.548 e. The molecule has 1 heterocycles. The third kappa shape index (κ3) is 4.15. The normalized spacial score (nSPS) is 17.7. The van der Waals surface area contributed by atoms with Gasteiger partial charge in [0.05, 0.1) is 24.0 Å². The van der Waals surface area contributed by atoms with Gasteiger partial charge in [0.1, 0.15) is 10.1 Å². The first-order chi connectivity index (χ1) is 11.3. The zero-order chi connectivity index (χ0) is 17.9. The molecule has 0 N–H and O–H groups in total. The Morgan fingerprint density at radius 1 is 1.38 bits per heavy atom. The van der Waals surface area contributed by atoms with Crippen molar-refractivity contribution in [2.24, 2.45) is 5.92 Å². The van der Waals surface area contributed by atoms with E-state index in [0.29, 0.717) is 17.1 Å². The van der Waals surface area contributed by atoms with Gasteiger partial charge in [-0.15, -0.1) is 0 Å². The van der Waals surface area contributed by atoms with Crippen LogP contribution in [-0.4, -0.2) is 34.2 Å². The summed E-state index contributed by atoms with van der Waals surface area (Å²) >= 11 is 6.32. The summed E-state index contributed by atoms with van der Waals surface area (Å²) in [5, 5.41) is 11.4. The second-order valence-corrected chi connectivity index (χ2v) is 7.47. The highest BCUT2D eigenvalue weighted by molar-refractivity contribution is 8.26. The summed E-state index contributed by atoms with van der Waals surface area (Å²) in [6.45, 7) is 3.78. The quantitative estimate of drug-likeness (QED) is 0.568. The van der Waals surface area contributed by atoms with Gasteiger partial charge in [-0.25, -0.2) is 0 Å². The van der Waals surface area contributed by atoms with Crippen LogP contribution in [0.4, 0.5) is 0 Å². The predicted molar refractivity (Wildman–Crippen MR) is 96.3 cm³/mol. The van der Waals surface area contributed by atoms with Crippen LogP contribution in [0, 0.1) is 5.92 Å². The average Bonchev–Trinajstić information content (AvgIpc) is 2.79. The monoisotopic (exact) mass is 364 g/mol. The molecule has 1 aromatic rings. The Morgan fingerprint density at radius 2 is 2.00 bits per heavy atom. The number of hydrogen-bond acceptors (Lipinski definition) is 6. The lowest BCUT2D eigenvalue weighted by molar-refractivity contribution is -0.310. The first-order valence-corrected chi connectivity index (χ1v) is 8.68. The Hall–Kier alpha value is -1.86. The van der Waals surface area contributed by atoms with Gasteiger partial charge in [-0.2, -0.15) is 0 Å². The maximum atomic E-state index is 12.6. The van der Waals surface area contributed by atoms with Crippen molar-refractivity contribution in [3.8, 4) is 5.75 Å². The molecule has 2 rings (SSSR count). The highest BCUT2D eigenvalue weighted by Crippen LogP contribution is 2.35. The van der Waals surface area contributed by atoms with Crippen LogP contribution in [0.5, 0.6) is 5.75 Å². The molecule has 1 fully saturated rings. The van der Waals surface area contributed by atoms with E-state index in [2.05, 4.69) is 0 Å². The third-order valence-corrected chi connectivity index (χ3v) is 4.85. The number of nitrogens with zero attached hydrogens (tertiary/aromatic N) is 1. The van der Waals surface area contributed by atoms with E-state index in [1.165, 1.54) is 0 Å². The number of aliphatic carboxylic acids is 1. The van der Waals surface area contributed by atoms with Crippen molar-refractivity contribution in [3.05, 3.63) is 34.7 Å². The molecule has 5 nitrogen and oxygen atoms in total. The van der Waals surface area contributed by atoms with Crippen LogP contribution >= 0.6 is 24.0 Å². The zero-order valence-electron chi connectivity index (χ0n) is 13.6. The van der Waals surface area contributed by atoms with Crippen molar-refractivity contribution in [3.63, 3.8) is 0 Å². The van der Waals surface area contributed by atoms with Crippen molar-refractivity contribution in [2.45, 2.75) is 26.3 Å². The summed E-state index contributed by atoms with van der Waals surface area (Å²) in [4.78, 5) is 25.6. The molecule has 0 saturated carbocycles. The molecule has 1 atom stereocenters.